The summed E-state index contributed by atoms with van der Waals surface area (Å²) in [5.74, 6) is 0. The predicted octanol–water partition coefficient (Wildman–Crippen LogP) is 3.90. The summed E-state index contributed by atoms with van der Waals surface area (Å²) >= 11 is 0. The molecule has 130 valence electrons. The van der Waals surface area contributed by atoms with Gasteiger partial charge in [0, 0.05) is 51.1 Å². The van der Waals surface area contributed by atoms with E-state index in [2.05, 4.69) is 4.98 Å². The smallest absolute Gasteiger partial charge is 0.106 e. The number of likely N-dealkylation sites (N-methyl/N-ethyl adjacent to an activating group) is 1. The molecule has 3 aromatic rings. The van der Waals surface area contributed by atoms with Crippen molar-refractivity contribution < 1.29 is 12.9 Å². The van der Waals surface area contributed by atoms with Crippen molar-refractivity contribution in [3.63, 3.8) is 0 Å². The van der Waals surface area contributed by atoms with Gasteiger partial charge in [-0.1, -0.05) is 17.7 Å². The van der Waals surface area contributed by atoms with Crippen molar-refractivity contribution in [2.75, 3.05) is 13.6 Å². The van der Waals surface area contributed by atoms with Gasteiger partial charge in [0.25, 0.3) is 0 Å². The zero-order valence-corrected chi connectivity index (χ0v) is 14.5. The van der Waals surface area contributed by atoms with Gasteiger partial charge in [0.1, 0.15) is 6.54 Å². The first kappa shape index (κ1) is 10.7. The number of pyridine rings is 1. The summed E-state index contributed by atoms with van der Waals surface area (Å²) in [6.07, 6.45) is 2.92. The number of hydrogen-bond donors (Lipinski definition) is 0. The summed E-state index contributed by atoms with van der Waals surface area (Å²) in [5, 5.41) is 13.1. The average Bonchev–Trinajstić information content (AvgIpc) is 2.97. The molecule has 1 atom stereocenters. The first-order valence-electron chi connectivity index (χ1n) is 11.5. The van der Waals surface area contributed by atoms with Crippen LogP contribution >= 0.6 is 0 Å². The fourth-order valence-corrected chi connectivity index (χ4v) is 3.61. The standard InChI is InChI=1S/C21H25N3O/c1-15-4-7-20-18(12-15)19-14-24(3,25)11-9-21(19)23(20)10-8-17-6-5-16(2)22-13-17/h4-7,12-13H,8-11,14H2,1-3H3/i1D3,4D,7D,12D. The summed E-state index contributed by atoms with van der Waals surface area (Å²) in [6, 6.07) is 3.02. The molecule has 4 heteroatoms. The van der Waals surface area contributed by atoms with Gasteiger partial charge in [-0.2, -0.15) is 0 Å². The third-order valence-electron chi connectivity index (χ3n) is 4.95. The number of rotatable bonds is 3. The van der Waals surface area contributed by atoms with E-state index >= 15 is 0 Å². The zero-order chi connectivity index (χ0) is 22.7. The second-order valence-electron chi connectivity index (χ2n) is 7.04. The van der Waals surface area contributed by atoms with Crippen LogP contribution in [0.4, 0.5) is 0 Å². The molecule has 0 bridgehead atoms. The largest absolute Gasteiger partial charge is 0.633 e. The van der Waals surface area contributed by atoms with Crippen LogP contribution in [-0.4, -0.2) is 27.8 Å². The minimum atomic E-state index is -2.68. The lowest BCUT2D eigenvalue weighted by atomic mass is 10.0. The molecule has 1 unspecified atom stereocenters. The Balaban J connectivity index is 1.94. The first-order chi connectivity index (χ1) is 14.4. The van der Waals surface area contributed by atoms with E-state index in [-0.39, 0.29) is 18.6 Å². The second-order valence-corrected chi connectivity index (χ2v) is 7.04. The molecule has 0 amide bonds. The number of hydroxylamine groups is 3. The molecule has 0 spiro atoms. The van der Waals surface area contributed by atoms with Crippen LogP contribution in [0.15, 0.2) is 36.5 Å². The maximum Gasteiger partial charge on any atom is 0.106 e. The van der Waals surface area contributed by atoms with Gasteiger partial charge < -0.3 is 14.4 Å². The van der Waals surface area contributed by atoms with Crippen LogP contribution in [0.3, 0.4) is 0 Å². The molecular formula is C21H25N3O. The van der Waals surface area contributed by atoms with Crippen molar-refractivity contribution in [3.05, 3.63) is 69.7 Å². The van der Waals surface area contributed by atoms with Gasteiger partial charge in [-0.15, -0.1) is 0 Å². The molecular weight excluding hydrogens is 310 g/mol. The Morgan fingerprint density at radius 2 is 2.28 bits per heavy atom. The van der Waals surface area contributed by atoms with Crippen LogP contribution in [0.1, 0.15) is 36.3 Å². The maximum atomic E-state index is 12.8. The fourth-order valence-electron chi connectivity index (χ4n) is 3.61. The van der Waals surface area contributed by atoms with Crippen LogP contribution in [0, 0.1) is 19.0 Å². The number of fused-ring (bicyclic) bond motifs is 3. The Morgan fingerprint density at radius 3 is 3.04 bits per heavy atom. The number of benzene rings is 1. The van der Waals surface area contributed by atoms with Crippen LogP contribution in [0.2, 0.25) is 0 Å². The van der Waals surface area contributed by atoms with Gasteiger partial charge in [0.15, 0.2) is 0 Å². The summed E-state index contributed by atoms with van der Waals surface area (Å²) < 4.78 is 50.4. The summed E-state index contributed by atoms with van der Waals surface area (Å²) in [4.78, 5) is 4.32. The molecule has 0 aliphatic carbocycles. The third kappa shape index (κ3) is 3.08. The number of quaternary nitrogens is 1. The highest BCUT2D eigenvalue weighted by Gasteiger charge is 2.27. The number of aromatic nitrogens is 2. The van der Waals surface area contributed by atoms with E-state index in [9.17, 15) is 5.21 Å². The number of nitrogens with zero attached hydrogens (tertiary/aromatic N) is 3. The summed E-state index contributed by atoms with van der Waals surface area (Å²) in [5.41, 5.74) is 3.41. The Bertz CT molecular complexity index is 1170. The second kappa shape index (κ2) is 5.97. The molecule has 1 aliphatic heterocycles. The highest BCUT2D eigenvalue weighted by Crippen LogP contribution is 2.33. The Hall–Kier alpha value is -2.17. The van der Waals surface area contributed by atoms with E-state index in [4.69, 9.17) is 8.22 Å². The summed E-state index contributed by atoms with van der Waals surface area (Å²) in [6.45, 7) is 0.226. The highest BCUT2D eigenvalue weighted by molar-refractivity contribution is 5.86. The van der Waals surface area contributed by atoms with E-state index in [0.29, 0.717) is 42.4 Å². The molecule has 1 aliphatic rings. The molecule has 0 N–H and O–H groups in total. The predicted molar refractivity (Wildman–Crippen MR) is 101 cm³/mol. The molecule has 0 saturated heterocycles. The molecule has 0 saturated carbocycles. The fraction of sp³-hybridized carbons (Fsp3) is 0.381. The monoisotopic (exact) mass is 341 g/mol. The van der Waals surface area contributed by atoms with Gasteiger partial charge in [-0.25, -0.2) is 0 Å². The molecule has 4 rings (SSSR count). The van der Waals surface area contributed by atoms with E-state index in [1.807, 2.05) is 23.6 Å². The van der Waals surface area contributed by atoms with E-state index in [0.717, 1.165) is 17.0 Å². The van der Waals surface area contributed by atoms with E-state index in [1.165, 1.54) is 0 Å². The third-order valence-corrected chi connectivity index (χ3v) is 4.95. The van der Waals surface area contributed by atoms with Gasteiger partial charge in [-0.3, -0.25) is 4.98 Å². The lowest BCUT2D eigenvalue weighted by Gasteiger charge is -2.41. The zero-order valence-electron chi connectivity index (χ0n) is 20.5. The van der Waals surface area contributed by atoms with Crippen LogP contribution in [0.5, 0.6) is 0 Å². The molecule has 3 heterocycles. The summed E-state index contributed by atoms with van der Waals surface area (Å²) in [7, 11) is 1.57. The van der Waals surface area contributed by atoms with Crippen molar-refractivity contribution in [1.29, 1.82) is 0 Å². The first-order valence-corrected chi connectivity index (χ1v) is 8.52. The van der Waals surface area contributed by atoms with Gasteiger partial charge in [0.2, 0.25) is 0 Å². The quantitative estimate of drug-likeness (QED) is 0.535. The van der Waals surface area contributed by atoms with Gasteiger partial charge in [-0.05, 0) is 43.9 Å². The van der Waals surface area contributed by atoms with Crippen molar-refractivity contribution >= 4 is 10.9 Å². The van der Waals surface area contributed by atoms with Crippen molar-refractivity contribution in [2.24, 2.45) is 0 Å². The SMILES string of the molecule is [2H]c1c(C([2H])([2H])[2H])c([2H])c2c3c(n(CCc4ccc(C)nc4)c2c1[2H])CC[N+](C)([O-])C3. The van der Waals surface area contributed by atoms with Crippen LogP contribution in [-0.2, 0) is 25.9 Å². The minimum Gasteiger partial charge on any atom is -0.633 e. The Morgan fingerprint density at radius 1 is 1.40 bits per heavy atom. The maximum absolute atomic E-state index is 12.8. The molecule has 0 fully saturated rings. The number of aryl methyl sites for hydroxylation is 3. The van der Waals surface area contributed by atoms with Gasteiger partial charge >= 0.3 is 0 Å². The average molecular weight is 341 g/mol. The van der Waals surface area contributed by atoms with Gasteiger partial charge in [0.05, 0.1) is 17.7 Å². The molecule has 25 heavy (non-hydrogen) atoms. The molecule has 0 radical (unpaired) electrons. The Labute approximate surface area is 157 Å². The van der Waals surface area contributed by atoms with Crippen LogP contribution < -0.4 is 0 Å². The number of hydrogen-bond acceptors (Lipinski definition) is 2. The minimum absolute atomic E-state index is 0.119. The van der Waals surface area contributed by atoms with Crippen molar-refractivity contribution in [3.8, 4) is 0 Å². The normalized spacial score (nSPS) is 24.0. The molecule has 4 nitrogen and oxygen atoms in total. The van der Waals surface area contributed by atoms with E-state index < -0.39 is 23.1 Å². The lowest BCUT2D eigenvalue weighted by molar-refractivity contribution is -0.876. The van der Waals surface area contributed by atoms with Crippen molar-refractivity contribution in [1.82, 2.24) is 9.55 Å². The molecule has 1 aromatic carbocycles. The van der Waals surface area contributed by atoms with Crippen molar-refractivity contribution in [2.45, 2.75) is 39.7 Å². The molecule has 2 aromatic heterocycles. The van der Waals surface area contributed by atoms with E-state index in [1.54, 1.807) is 13.2 Å². The highest BCUT2D eigenvalue weighted by atomic mass is 16.5. The Kier molecular flexibility index (Phi) is 2.56. The van der Waals surface area contributed by atoms with Crippen LogP contribution in [0.25, 0.3) is 10.9 Å². The topological polar surface area (TPSA) is 40.9 Å². The lowest BCUT2D eigenvalue weighted by Crippen LogP contribution is -2.42.